The van der Waals surface area contributed by atoms with Crippen molar-refractivity contribution in [3.8, 4) is 0 Å². The van der Waals surface area contributed by atoms with Crippen LogP contribution >= 0.6 is 0 Å². The van der Waals surface area contributed by atoms with E-state index in [4.69, 9.17) is 10.5 Å². The van der Waals surface area contributed by atoms with Gasteiger partial charge < -0.3 is 10.5 Å². The van der Waals surface area contributed by atoms with Gasteiger partial charge in [0.2, 0.25) is 0 Å². The summed E-state index contributed by atoms with van der Waals surface area (Å²) in [5, 5.41) is 0. The molecule has 2 nitrogen and oxygen atoms in total. The Morgan fingerprint density at radius 2 is 1.79 bits per heavy atom. The van der Waals surface area contributed by atoms with Gasteiger partial charge in [-0.3, -0.25) is 0 Å². The number of rotatable bonds is 6. The molecule has 0 saturated heterocycles. The predicted molar refractivity (Wildman–Crippen MR) is 60.3 cm³/mol. The third-order valence-electron chi connectivity index (χ3n) is 3.07. The maximum atomic E-state index is 5.84. The predicted octanol–water partition coefficient (Wildman–Crippen LogP) is 2.85. The van der Waals surface area contributed by atoms with Crippen molar-refractivity contribution < 1.29 is 4.74 Å². The topological polar surface area (TPSA) is 35.2 Å². The molecule has 14 heavy (non-hydrogen) atoms. The van der Waals surface area contributed by atoms with Crippen LogP contribution in [0.1, 0.15) is 58.3 Å². The molecule has 2 N–H and O–H groups in total. The molecule has 84 valence electrons. The van der Waals surface area contributed by atoms with Crippen LogP contribution in [0.3, 0.4) is 0 Å². The van der Waals surface area contributed by atoms with E-state index in [1.165, 1.54) is 38.5 Å². The van der Waals surface area contributed by atoms with Crippen molar-refractivity contribution in [1.29, 1.82) is 0 Å². The lowest BCUT2D eigenvalue weighted by Crippen LogP contribution is -2.30. The first-order valence-electron chi connectivity index (χ1n) is 6.20. The number of nitrogens with two attached hydrogens (primary N) is 1. The second-order valence-electron chi connectivity index (χ2n) is 4.47. The first-order chi connectivity index (χ1) is 6.83. The Labute approximate surface area is 88.2 Å². The number of ether oxygens (including phenoxy) is 1. The number of hydrogen-bond acceptors (Lipinski definition) is 2. The second-order valence-corrected chi connectivity index (χ2v) is 4.47. The third-order valence-corrected chi connectivity index (χ3v) is 3.07. The molecule has 1 rings (SSSR count). The summed E-state index contributed by atoms with van der Waals surface area (Å²) in [7, 11) is 0. The van der Waals surface area contributed by atoms with Gasteiger partial charge in [-0.2, -0.15) is 0 Å². The fourth-order valence-electron chi connectivity index (χ4n) is 2.03. The van der Waals surface area contributed by atoms with Crippen molar-refractivity contribution >= 4 is 0 Å². The third kappa shape index (κ3) is 4.97. The minimum atomic E-state index is 0.440. The van der Waals surface area contributed by atoms with Gasteiger partial charge >= 0.3 is 0 Å². The molecule has 1 aliphatic carbocycles. The maximum Gasteiger partial charge on any atom is 0.0576 e. The molecule has 0 unspecified atom stereocenters. The van der Waals surface area contributed by atoms with Gasteiger partial charge in [-0.25, -0.2) is 0 Å². The Hall–Kier alpha value is -0.0800. The Bertz CT molecular complexity index is 130. The van der Waals surface area contributed by atoms with Crippen LogP contribution in [0.5, 0.6) is 0 Å². The van der Waals surface area contributed by atoms with Crippen LogP contribution in [-0.4, -0.2) is 18.8 Å². The standard InChI is InChI=1S/C12H25NO/c1-2-3-4-5-10-14-12-8-6-11(13)7-9-12/h11-12H,2-10,13H2,1H3/t11-,12-. The molecular formula is C12H25NO. The fraction of sp³-hybridized carbons (Fsp3) is 1.00. The van der Waals surface area contributed by atoms with E-state index in [0.717, 1.165) is 19.4 Å². The highest BCUT2D eigenvalue weighted by molar-refractivity contribution is 4.74. The van der Waals surface area contributed by atoms with Gasteiger partial charge in [-0.15, -0.1) is 0 Å². The van der Waals surface area contributed by atoms with Crippen LogP contribution < -0.4 is 5.73 Å². The molecule has 0 bridgehead atoms. The van der Waals surface area contributed by atoms with Crippen LogP contribution in [0.25, 0.3) is 0 Å². The molecule has 0 aromatic rings. The highest BCUT2D eigenvalue weighted by atomic mass is 16.5. The summed E-state index contributed by atoms with van der Waals surface area (Å²) in [5.74, 6) is 0. The lowest BCUT2D eigenvalue weighted by atomic mass is 9.94. The van der Waals surface area contributed by atoms with E-state index in [1.54, 1.807) is 0 Å². The summed E-state index contributed by atoms with van der Waals surface area (Å²) < 4.78 is 5.82. The van der Waals surface area contributed by atoms with E-state index in [-0.39, 0.29) is 0 Å². The molecule has 2 heteroatoms. The summed E-state index contributed by atoms with van der Waals surface area (Å²) >= 11 is 0. The Morgan fingerprint density at radius 3 is 2.43 bits per heavy atom. The van der Waals surface area contributed by atoms with E-state index < -0.39 is 0 Å². The van der Waals surface area contributed by atoms with Crippen molar-refractivity contribution in [3.05, 3.63) is 0 Å². The van der Waals surface area contributed by atoms with Gasteiger partial charge in [0.1, 0.15) is 0 Å². The van der Waals surface area contributed by atoms with E-state index in [2.05, 4.69) is 6.92 Å². The second kappa shape index (κ2) is 7.24. The summed E-state index contributed by atoms with van der Waals surface area (Å²) in [4.78, 5) is 0. The number of hydrogen-bond donors (Lipinski definition) is 1. The molecule has 1 fully saturated rings. The molecule has 0 aliphatic heterocycles. The van der Waals surface area contributed by atoms with Crippen LogP contribution in [-0.2, 0) is 4.74 Å². The van der Waals surface area contributed by atoms with Gasteiger partial charge in [-0.05, 0) is 32.1 Å². The lowest BCUT2D eigenvalue weighted by Gasteiger charge is -2.26. The minimum absolute atomic E-state index is 0.440. The van der Waals surface area contributed by atoms with E-state index >= 15 is 0 Å². The Morgan fingerprint density at radius 1 is 1.07 bits per heavy atom. The quantitative estimate of drug-likeness (QED) is 0.668. The highest BCUT2D eigenvalue weighted by Crippen LogP contribution is 2.20. The van der Waals surface area contributed by atoms with Gasteiger partial charge in [0.15, 0.2) is 0 Å². The summed E-state index contributed by atoms with van der Waals surface area (Å²) in [6, 6.07) is 0.440. The average Bonchev–Trinajstić information content (AvgIpc) is 2.21. The van der Waals surface area contributed by atoms with Crippen molar-refractivity contribution in [3.63, 3.8) is 0 Å². The molecule has 0 aromatic heterocycles. The average molecular weight is 199 g/mol. The molecule has 0 heterocycles. The zero-order valence-electron chi connectivity index (χ0n) is 9.50. The van der Waals surface area contributed by atoms with Gasteiger partial charge in [-0.1, -0.05) is 26.2 Å². The molecule has 0 atom stereocenters. The first-order valence-corrected chi connectivity index (χ1v) is 6.20. The maximum absolute atomic E-state index is 5.84. The summed E-state index contributed by atoms with van der Waals surface area (Å²) in [6.07, 6.45) is 10.4. The molecule has 0 amide bonds. The monoisotopic (exact) mass is 199 g/mol. The smallest absolute Gasteiger partial charge is 0.0576 e. The number of unbranched alkanes of at least 4 members (excludes halogenated alkanes) is 3. The lowest BCUT2D eigenvalue weighted by molar-refractivity contribution is 0.0231. The van der Waals surface area contributed by atoms with Gasteiger partial charge in [0, 0.05) is 12.6 Å². The van der Waals surface area contributed by atoms with E-state index in [9.17, 15) is 0 Å². The molecule has 0 radical (unpaired) electrons. The molecule has 0 aromatic carbocycles. The van der Waals surface area contributed by atoms with Crippen molar-refractivity contribution in [2.75, 3.05) is 6.61 Å². The summed E-state index contributed by atoms with van der Waals surface area (Å²) in [6.45, 7) is 3.20. The minimum Gasteiger partial charge on any atom is -0.378 e. The Balaban J connectivity index is 1.91. The fourth-order valence-corrected chi connectivity index (χ4v) is 2.03. The SMILES string of the molecule is CCCCCCO[C@H]1CC[C@H](N)CC1. The van der Waals surface area contributed by atoms with E-state index in [0.29, 0.717) is 12.1 Å². The molecule has 0 spiro atoms. The van der Waals surface area contributed by atoms with E-state index in [1.807, 2.05) is 0 Å². The van der Waals surface area contributed by atoms with Crippen molar-refractivity contribution in [2.45, 2.75) is 70.4 Å². The van der Waals surface area contributed by atoms with Crippen molar-refractivity contribution in [1.82, 2.24) is 0 Å². The zero-order chi connectivity index (χ0) is 10.2. The van der Waals surface area contributed by atoms with Crippen LogP contribution in [0.2, 0.25) is 0 Å². The first kappa shape index (κ1) is 12.0. The van der Waals surface area contributed by atoms with Gasteiger partial charge in [0.05, 0.1) is 6.10 Å². The molecule has 1 aliphatic rings. The highest BCUT2D eigenvalue weighted by Gasteiger charge is 2.18. The van der Waals surface area contributed by atoms with Crippen LogP contribution in [0, 0.1) is 0 Å². The van der Waals surface area contributed by atoms with Crippen LogP contribution in [0.15, 0.2) is 0 Å². The zero-order valence-corrected chi connectivity index (χ0v) is 9.50. The van der Waals surface area contributed by atoms with Crippen molar-refractivity contribution in [2.24, 2.45) is 5.73 Å². The summed E-state index contributed by atoms with van der Waals surface area (Å²) in [5.41, 5.74) is 5.84. The normalized spacial score (nSPS) is 27.9. The largest absolute Gasteiger partial charge is 0.378 e. The van der Waals surface area contributed by atoms with Gasteiger partial charge in [0.25, 0.3) is 0 Å². The molecular weight excluding hydrogens is 174 g/mol. The van der Waals surface area contributed by atoms with Crippen LogP contribution in [0.4, 0.5) is 0 Å². The molecule has 1 saturated carbocycles. The Kier molecular flexibility index (Phi) is 6.20.